The predicted molar refractivity (Wildman–Crippen MR) is 113 cm³/mol. The smallest absolute Gasteiger partial charge is 0.300 e. The summed E-state index contributed by atoms with van der Waals surface area (Å²) in [6.07, 6.45) is 3.56. The highest BCUT2D eigenvalue weighted by Gasteiger charge is 2.11. The molecule has 3 heteroatoms. The number of aryl methyl sites for hydroxylation is 2. The van der Waals surface area contributed by atoms with Gasteiger partial charge < -0.3 is 9.73 Å². The van der Waals surface area contributed by atoms with Crippen LogP contribution >= 0.6 is 0 Å². The van der Waals surface area contributed by atoms with Gasteiger partial charge in [-0.3, -0.25) is 0 Å². The average Bonchev–Trinajstić information content (AvgIpc) is 3.10. The molecule has 0 aliphatic rings. The summed E-state index contributed by atoms with van der Waals surface area (Å²) in [5, 5.41) is 3.29. The molecule has 0 aliphatic carbocycles. The van der Waals surface area contributed by atoms with Crippen LogP contribution in [0.3, 0.4) is 0 Å². The van der Waals surface area contributed by atoms with Crippen molar-refractivity contribution in [3.05, 3.63) is 77.9 Å². The van der Waals surface area contributed by atoms with Gasteiger partial charge in [0.15, 0.2) is 5.58 Å². The molecule has 3 aromatic carbocycles. The first-order chi connectivity index (χ1) is 13.2. The van der Waals surface area contributed by atoms with Crippen molar-refractivity contribution in [1.82, 2.24) is 4.98 Å². The summed E-state index contributed by atoms with van der Waals surface area (Å²) >= 11 is 0. The Kier molecular flexibility index (Phi) is 4.93. The highest BCUT2D eigenvalue weighted by atomic mass is 16.4. The Morgan fingerprint density at radius 3 is 2.44 bits per heavy atom. The molecule has 0 spiro atoms. The molecule has 0 amide bonds. The van der Waals surface area contributed by atoms with Gasteiger partial charge in [0.25, 0.3) is 6.01 Å². The summed E-state index contributed by atoms with van der Waals surface area (Å²) in [5.74, 6) is 0. The largest absolute Gasteiger partial charge is 0.423 e. The summed E-state index contributed by atoms with van der Waals surface area (Å²) in [6.45, 7) is 4.31. The highest BCUT2D eigenvalue weighted by Crippen LogP contribution is 2.31. The number of hydrogen-bond donors (Lipinski definition) is 1. The number of anilines is 2. The first-order valence-electron chi connectivity index (χ1n) is 9.55. The third-order valence-electron chi connectivity index (χ3n) is 4.81. The van der Waals surface area contributed by atoms with E-state index in [0.717, 1.165) is 34.3 Å². The van der Waals surface area contributed by atoms with Crippen LogP contribution in [0.25, 0.3) is 22.2 Å². The molecule has 1 N–H and O–H groups in total. The van der Waals surface area contributed by atoms with Gasteiger partial charge in [0.2, 0.25) is 0 Å². The molecule has 0 radical (unpaired) electrons. The summed E-state index contributed by atoms with van der Waals surface area (Å²) in [7, 11) is 0. The second-order valence-electron chi connectivity index (χ2n) is 6.96. The number of rotatable bonds is 6. The fourth-order valence-electron chi connectivity index (χ4n) is 3.23. The molecule has 4 rings (SSSR count). The number of nitrogens with zero attached hydrogens (tertiary/aromatic N) is 1. The Hall–Kier alpha value is -3.07. The van der Waals surface area contributed by atoms with Crippen LogP contribution in [0, 0.1) is 6.92 Å². The van der Waals surface area contributed by atoms with E-state index in [9.17, 15) is 0 Å². The van der Waals surface area contributed by atoms with E-state index in [1.165, 1.54) is 24.0 Å². The second-order valence-corrected chi connectivity index (χ2v) is 6.96. The van der Waals surface area contributed by atoms with Crippen LogP contribution < -0.4 is 5.32 Å². The van der Waals surface area contributed by atoms with Crippen molar-refractivity contribution in [3.8, 4) is 11.1 Å². The molecule has 0 fully saturated rings. The van der Waals surface area contributed by atoms with Crippen molar-refractivity contribution < 1.29 is 4.42 Å². The maximum Gasteiger partial charge on any atom is 0.300 e. The number of benzene rings is 3. The SMILES string of the molecule is CCCCc1ccc(Nc2nc3c(-c4ccc(C)cc4)cccc3o2)cc1. The van der Waals surface area contributed by atoms with Gasteiger partial charge in [-0.2, -0.15) is 4.98 Å². The quantitative estimate of drug-likeness (QED) is 0.409. The lowest BCUT2D eigenvalue weighted by Crippen LogP contribution is -1.91. The summed E-state index contributed by atoms with van der Waals surface area (Å²) < 4.78 is 5.93. The predicted octanol–water partition coefficient (Wildman–Crippen LogP) is 6.89. The van der Waals surface area contributed by atoms with Crippen LogP contribution in [0.5, 0.6) is 0 Å². The highest BCUT2D eigenvalue weighted by molar-refractivity contribution is 5.91. The molecule has 0 saturated carbocycles. The van der Waals surface area contributed by atoms with E-state index in [4.69, 9.17) is 9.40 Å². The van der Waals surface area contributed by atoms with Crippen LogP contribution in [-0.4, -0.2) is 4.98 Å². The molecule has 3 nitrogen and oxygen atoms in total. The van der Waals surface area contributed by atoms with Crippen molar-refractivity contribution in [1.29, 1.82) is 0 Å². The average molecular weight is 356 g/mol. The van der Waals surface area contributed by atoms with Crippen molar-refractivity contribution in [2.75, 3.05) is 5.32 Å². The Morgan fingerprint density at radius 2 is 1.70 bits per heavy atom. The first kappa shape index (κ1) is 17.3. The molecular formula is C24H24N2O. The minimum absolute atomic E-state index is 0.519. The van der Waals surface area contributed by atoms with Gasteiger partial charge in [0.1, 0.15) is 5.52 Å². The molecular weight excluding hydrogens is 332 g/mol. The van der Waals surface area contributed by atoms with E-state index in [1.54, 1.807) is 0 Å². The number of oxazole rings is 1. The van der Waals surface area contributed by atoms with Gasteiger partial charge in [-0.1, -0.05) is 67.4 Å². The van der Waals surface area contributed by atoms with E-state index in [2.05, 4.69) is 73.8 Å². The Balaban J connectivity index is 1.60. The third kappa shape index (κ3) is 3.87. The number of nitrogens with one attached hydrogen (secondary N) is 1. The topological polar surface area (TPSA) is 38.1 Å². The van der Waals surface area contributed by atoms with Crippen molar-refractivity contribution in [3.63, 3.8) is 0 Å². The zero-order valence-electron chi connectivity index (χ0n) is 15.8. The lowest BCUT2D eigenvalue weighted by molar-refractivity contribution is 0.623. The maximum atomic E-state index is 5.93. The molecule has 27 heavy (non-hydrogen) atoms. The molecule has 0 saturated heterocycles. The number of aromatic nitrogens is 1. The van der Waals surface area contributed by atoms with Gasteiger partial charge in [-0.25, -0.2) is 0 Å². The second kappa shape index (κ2) is 7.67. The molecule has 0 aliphatic heterocycles. The van der Waals surface area contributed by atoms with Crippen LogP contribution in [0.1, 0.15) is 30.9 Å². The fraction of sp³-hybridized carbons (Fsp3) is 0.208. The van der Waals surface area contributed by atoms with Crippen molar-refractivity contribution >= 4 is 22.8 Å². The van der Waals surface area contributed by atoms with Crippen LogP contribution in [0.2, 0.25) is 0 Å². The fourth-order valence-corrected chi connectivity index (χ4v) is 3.23. The van der Waals surface area contributed by atoms with Crippen LogP contribution in [0.4, 0.5) is 11.7 Å². The molecule has 0 unspecified atom stereocenters. The molecule has 1 aromatic heterocycles. The van der Waals surface area contributed by atoms with Crippen molar-refractivity contribution in [2.24, 2.45) is 0 Å². The molecule has 0 atom stereocenters. The molecule has 136 valence electrons. The number of hydrogen-bond acceptors (Lipinski definition) is 3. The maximum absolute atomic E-state index is 5.93. The lowest BCUT2D eigenvalue weighted by atomic mass is 10.0. The molecule has 0 bridgehead atoms. The van der Waals surface area contributed by atoms with Crippen LogP contribution in [-0.2, 0) is 6.42 Å². The minimum Gasteiger partial charge on any atom is -0.423 e. The minimum atomic E-state index is 0.519. The van der Waals surface area contributed by atoms with Gasteiger partial charge in [-0.15, -0.1) is 0 Å². The van der Waals surface area contributed by atoms with E-state index in [0.29, 0.717) is 6.01 Å². The standard InChI is InChI=1S/C24H24N2O/c1-3-4-6-18-11-15-20(16-12-18)25-24-26-23-21(7-5-8-22(23)27-24)19-13-9-17(2)10-14-19/h5,7-16H,3-4,6H2,1-2H3,(H,25,26). The monoisotopic (exact) mass is 356 g/mol. The number of fused-ring (bicyclic) bond motifs is 1. The normalized spacial score (nSPS) is 11.0. The summed E-state index contributed by atoms with van der Waals surface area (Å²) in [4.78, 5) is 4.70. The zero-order chi connectivity index (χ0) is 18.6. The summed E-state index contributed by atoms with van der Waals surface area (Å²) in [6, 6.07) is 23.6. The van der Waals surface area contributed by atoms with E-state index >= 15 is 0 Å². The van der Waals surface area contributed by atoms with Crippen LogP contribution in [0.15, 0.2) is 71.1 Å². The summed E-state index contributed by atoms with van der Waals surface area (Å²) in [5.41, 5.74) is 7.49. The Bertz CT molecular complexity index is 1030. The number of unbranched alkanes of at least 4 members (excludes halogenated alkanes) is 1. The zero-order valence-corrected chi connectivity index (χ0v) is 15.8. The van der Waals surface area contributed by atoms with Gasteiger partial charge in [0.05, 0.1) is 0 Å². The third-order valence-corrected chi connectivity index (χ3v) is 4.81. The number of para-hydroxylation sites is 1. The van der Waals surface area contributed by atoms with Gasteiger partial charge in [0, 0.05) is 11.3 Å². The Morgan fingerprint density at radius 1 is 0.926 bits per heavy atom. The van der Waals surface area contributed by atoms with Crippen molar-refractivity contribution in [2.45, 2.75) is 33.1 Å². The van der Waals surface area contributed by atoms with E-state index in [-0.39, 0.29) is 0 Å². The van der Waals surface area contributed by atoms with Gasteiger partial charge >= 0.3 is 0 Å². The van der Waals surface area contributed by atoms with E-state index in [1.807, 2.05) is 12.1 Å². The van der Waals surface area contributed by atoms with Gasteiger partial charge in [-0.05, 0) is 49.1 Å². The molecule has 1 heterocycles. The first-order valence-corrected chi connectivity index (χ1v) is 9.55. The Labute approximate surface area is 160 Å². The van der Waals surface area contributed by atoms with E-state index < -0.39 is 0 Å². The molecule has 4 aromatic rings. The lowest BCUT2D eigenvalue weighted by Gasteiger charge is -2.04.